The Bertz CT molecular complexity index is 1720. The third-order valence-corrected chi connectivity index (χ3v) is 12.1. The van der Waals surface area contributed by atoms with Crippen LogP contribution in [0.1, 0.15) is 69.5 Å². The van der Waals surface area contributed by atoms with Crippen LogP contribution in [0.5, 0.6) is 5.75 Å². The number of aromatic amines is 2. The first-order valence-electron chi connectivity index (χ1n) is 15.5. The highest BCUT2D eigenvalue weighted by atomic mass is 19.3. The molecule has 2 aromatic heterocycles. The van der Waals surface area contributed by atoms with Gasteiger partial charge in [0.15, 0.2) is 0 Å². The van der Waals surface area contributed by atoms with Crippen LogP contribution in [0.4, 0.5) is 23.2 Å². The van der Waals surface area contributed by atoms with Crippen molar-refractivity contribution in [1.29, 1.82) is 0 Å². The van der Waals surface area contributed by atoms with E-state index in [0.29, 0.717) is 11.6 Å². The molecule has 6 heterocycles. The zero-order valence-electron chi connectivity index (χ0n) is 24.7. The molecular formula is C32H35F4N7O. The van der Waals surface area contributed by atoms with Gasteiger partial charge in [-0.3, -0.25) is 0 Å². The Labute approximate surface area is 252 Å². The normalized spacial score (nSPS) is 40.4. The van der Waals surface area contributed by atoms with Crippen LogP contribution in [0.15, 0.2) is 42.9 Å². The molecule has 1 aromatic carbocycles. The van der Waals surface area contributed by atoms with Gasteiger partial charge in [-0.05, 0) is 37.3 Å². The first-order valence-corrected chi connectivity index (χ1v) is 15.5. The van der Waals surface area contributed by atoms with Crippen molar-refractivity contribution in [2.45, 2.75) is 81.0 Å². The van der Waals surface area contributed by atoms with Gasteiger partial charge in [0, 0.05) is 47.3 Å². The van der Waals surface area contributed by atoms with E-state index in [-0.39, 0.29) is 60.2 Å². The summed E-state index contributed by atoms with van der Waals surface area (Å²) in [6, 6.07) is 5.09. The Morgan fingerprint density at radius 3 is 2.30 bits per heavy atom. The average molecular weight is 610 g/mol. The van der Waals surface area contributed by atoms with Crippen molar-refractivity contribution in [3.05, 3.63) is 60.2 Å². The molecule has 232 valence electrons. The van der Waals surface area contributed by atoms with Gasteiger partial charge >= 0.3 is 0 Å². The van der Waals surface area contributed by atoms with Crippen LogP contribution in [0.3, 0.4) is 0 Å². The van der Waals surface area contributed by atoms with E-state index in [1.807, 2.05) is 18.3 Å². The van der Waals surface area contributed by atoms with E-state index in [1.54, 1.807) is 6.20 Å². The van der Waals surface area contributed by atoms with E-state index in [0.717, 1.165) is 34.8 Å². The monoisotopic (exact) mass is 609 g/mol. The Hall–Kier alpha value is -3.38. The van der Waals surface area contributed by atoms with E-state index in [1.165, 1.54) is 0 Å². The number of fused-ring (bicyclic) bond motifs is 2. The highest BCUT2D eigenvalue weighted by Crippen LogP contribution is 2.82. The quantitative estimate of drug-likeness (QED) is 0.288. The van der Waals surface area contributed by atoms with Gasteiger partial charge in [-0.1, -0.05) is 26.0 Å². The second-order valence-corrected chi connectivity index (χ2v) is 14.2. The highest BCUT2D eigenvalue weighted by Gasteiger charge is 2.85. The molecule has 4 N–H and O–H groups in total. The number of hydrogen-bond acceptors (Lipinski definition) is 6. The number of rotatable bonds is 4. The second-order valence-electron chi connectivity index (χ2n) is 14.2. The third kappa shape index (κ3) is 3.25. The summed E-state index contributed by atoms with van der Waals surface area (Å²) < 4.78 is 62.4. The number of H-pyrrole nitrogens is 2. The van der Waals surface area contributed by atoms with Crippen LogP contribution in [0.25, 0.3) is 11.3 Å². The Balaban J connectivity index is 1.04. The maximum Gasteiger partial charge on any atom is 0.262 e. The molecule has 2 aliphatic carbocycles. The lowest BCUT2D eigenvalue weighted by Gasteiger charge is -2.58. The number of hydrogen-bond donors (Lipinski definition) is 4. The van der Waals surface area contributed by atoms with Gasteiger partial charge in [0.05, 0.1) is 48.3 Å². The van der Waals surface area contributed by atoms with Crippen LogP contribution in [-0.2, 0) is 5.41 Å². The van der Waals surface area contributed by atoms with Gasteiger partial charge < -0.3 is 30.2 Å². The third-order valence-electron chi connectivity index (χ3n) is 12.1. The van der Waals surface area contributed by atoms with Crippen molar-refractivity contribution in [2.75, 3.05) is 18.0 Å². The maximum absolute atomic E-state index is 14.0. The molecule has 2 saturated heterocycles. The smallest absolute Gasteiger partial charge is 0.262 e. The fourth-order valence-corrected chi connectivity index (χ4v) is 9.62. The molecule has 4 fully saturated rings. The summed E-state index contributed by atoms with van der Waals surface area (Å²) in [6.07, 6.45) is 8.38. The van der Waals surface area contributed by atoms with E-state index >= 15 is 0 Å². The molecule has 4 aliphatic heterocycles. The lowest BCUT2D eigenvalue weighted by molar-refractivity contribution is -0.0331. The van der Waals surface area contributed by atoms with Crippen LogP contribution in [0, 0.1) is 17.3 Å². The molecule has 8 nitrogen and oxygen atoms in total. The minimum atomic E-state index is -2.73. The maximum atomic E-state index is 14.0. The van der Waals surface area contributed by atoms with Crippen molar-refractivity contribution in [1.82, 2.24) is 30.6 Å². The molecule has 0 bridgehead atoms. The molecule has 0 amide bonds. The fraction of sp³-hybridized carbons (Fsp3) is 0.562. The van der Waals surface area contributed by atoms with E-state index in [2.05, 4.69) is 74.6 Å². The number of imidazole rings is 2. The lowest BCUT2D eigenvalue weighted by Crippen LogP contribution is -2.68. The first kappa shape index (κ1) is 27.0. The van der Waals surface area contributed by atoms with E-state index < -0.39 is 23.9 Å². The minimum Gasteiger partial charge on any atom is -0.485 e. The van der Waals surface area contributed by atoms with Crippen molar-refractivity contribution in [3.8, 4) is 17.0 Å². The number of halogens is 4. The summed E-state index contributed by atoms with van der Waals surface area (Å²) in [5.74, 6) is -3.20. The van der Waals surface area contributed by atoms with E-state index in [9.17, 15) is 17.6 Å². The van der Waals surface area contributed by atoms with Crippen LogP contribution in [-0.4, -0.2) is 56.5 Å². The summed E-state index contributed by atoms with van der Waals surface area (Å²) in [4.78, 5) is 18.1. The predicted octanol–water partition coefficient (Wildman–Crippen LogP) is 5.61. The summed E-state index contributed by atoms with van der Waals surface area (Å²) in [6.45, 7) is 6.14. The lowest BCUT2D eigenvalue weighted by atomic mass is 9.57. The molecule has 6 aliphatic rings. The largest absolute Gasteiger partial charge is 0.485 e. The number of aromatic nitrogens is 4. The summed E-state index contributed by atoms with van der Waals surface area (Å²) in [5.41, 5.74) is 2.83. The number of nitrogens with one attached hydrogen (secondary N) is 4. The summed E-state index contributed by atoms with van der Waals surface area (Å²) in [5, 5.41) is 5.79. The predicted molar refractivity (Wildman–Crippen MR) is 155 cm³/mol. The molecule has 44 heavy (non-hydrogen) atoms. The van der Waals surface area contributed by atoms with Crippen molar-refractivity contribution >= 4 is 5.69 Å². The summed E-state index contributed by atoms with van der Waals surface area (Å²) in [7, 11) is 0. The number of nitrogens with zero attached hydrogens (tertiary/aromatic N) is 3. The zero-order valence-corrected chi connectivity index (χ0v) is 24.7. The Kier molecular flexibility index (Phi) is 5.06. The Morgan fingerprint density at radius 1 is 0.932 bits per heavy atom. The van der Waals surface area contributed by atoms with Crippen molar-refractivity contribution in [2.24, 2.45) is 17.3 Å². The second kappa shape index (κ2) is 8.25. The Morgan fingerprint density at radius 2 is 1.61 bits per heavy atom. The number of ether oxygens (including phenoxy) is 1. The molecule has 12 heteroatoms. The fourth-order valence-electron chi connectivity index (χ4n) is 9.62. The minimum absolute atomic E-state index is 0.106. The molecule has 1 spiro atoms. The number of benzene rings is 1. The average Bonchev–Trinajstić information content (AvgIpc) is 3.61. The molecule has 0 radical (unpaired) electrons. The van der Waals surface area contributed by atoms with Gasteiger partial charge in [-0.25, -0.2) is 27.5 Å². The molecular weight excluding hydrogens is 574 g/mol. The van der Waals surface area contributed by atoms with Gasteiger partial charge in [0.1, 0.15) is 23.5 Å². The standard InChI is InChI=1S/C32H35F4N7O/c1-16-17(2)32(24-12-38-27(42-24)20-10-31(35,36)15-40-20)13-29(32)6-7-43-22-5-4-18(8-23(22)44-25(16)28(29,43)3)21-11-37-26(41-21)19-9-30(33,34)14-39-19/h4-8,11-12,16-17,19-20,25,39-40H,9-10,13-15H2,1-3H3,(H,37,41)(H,38,42). The molecule has 8 atom stereocenters. The first-order chi connectivity index (χ1) is 20.9. The molecule has 3 aromatic rings. The van der Waals surface area contributed by atoms with Crippen LogP contribution >= 0.6 is 0 Å². The highest BCUT2D eigenvalue weighted by molar-refractivity contribution is 5.75. The topological polar surface area (TPSA) is 93.9 Å². The molecule has 9 rings (SSSR count). The van der Waals surface area contributed by atoms with Crippen LogP contribution in [0.2, 0.25) is 0 Å². The van der Waals surface area contributed by atoms with Gasteiger partial charge in [0.2, 0.25) is 0 Å². The number of anilines is 1. The molecule has 2 saturated carbocycles. The number of alkyl halides is 4. The van der Waals surface area contributed by atoms with Crippen molar-refractivity contribution in [3.63, 3.8) is 0 Å². The summed E-state index contributed by atoms with van der Waals surface area (Å²) >= 11 is 0. The van der Waals surface area contributed by atoms with Crippen molar-refractivity contribution < 1.29 is 22.3 Å². The zero-order chi connectivity index (χ0) is 30.4. The van der Waals surface area contributed by atoms with Gasteiger partial charge in [-0.15, -0.1) is 0 Å². The van der Waals surface area contributed by atoms with Gasteiger partial charge in [0.25, 0.3) is 11.8 Å². The van der Waals surface area contributed by atoms with Crippen LogP contribution < -0.4 is 20.3 Å². The SMILES string of the molecule is CC1C(C)C2(c3cnc(C4CC(F)(F)CN4)[nH]3)CC23C=CN2c4ccc(-c5cnc(C6CC(F)(F)CN6)[nH]5)cc4OC1C23C. The van der Waals surface area contributed by atoms with Gasteiger partial charge in [-0.2, -0.15) is 0 Å². The molecule has 8 unspecified atom stereocenters. The van der Waals surface area contributed by atoms with E-state index in [4.69, 9.17) is 4.74 Å².